The molecule has 16 heavy (non-hydrogen) atoms. The van der Waals surface area contributed by atoms with E-state index in [0.717, 1.165) is 38.2 Å². The summed E-state index contributed by atoms with van der Waals surface area (Å²) in [5.74, 6) is 1.01. The van der Waals surface area contributed by atoms with Crippen molar-refractivity contribution in [1.82, 2.24) is 10.2 Å². The first-order valence-electron chi connectivity index (χ1n) is 6.80. The van der Waals surface area contributed by atoms with Crippen molar-refractivity contribution in [3.05, 3.63) is 0 Å². The Morgan fingerprint density at radius 2 is 2.25 bits per heavy atom. The van der Waals surface area contributed by atoms with Gasteiger partial charge in [0.1, 0.15) is 0 Å². The topological polar surface area (TPSA) is 24.5 Å². The van der Waals surface area contributed by atoms with Gasteiger partial charge in [-0.1, -0.05) is 19.3 Å². The zero-order valence-electron chi connectivity index (χ0n) is 10.7. The van der Waals surface area contributed by atoms with Crippen LogP contribution in [0.5, 0.6) is 0 Å². The number of hydrogen-bond acceptors (Lipinski definition) is 3. The van der Waals surface area contributed by atoms with E-state index < -0.39 is 0 Å². The summed E-state index contributed by atoms with van der Waals surface area (Å²) >= 11 is 0. The van der Waals surface area contributed by atoms with Crippen molar-refractivity contribution in [2.24, 2.45) is 5.92 Å². The molecule has 0 spiro atoms. The van der Waals surface area contributed by atoms with E-state index in [0.29, 0.717) is 6.10 Å². The fourth-order valence-electron chi connectivity index (χ4n) is 2.85. The summed E-state index contributed by atoms with van der Waals surface area (Å²) in [7, 11) is 2.00. The Kier molecular flexibility index (Phi) is 4.62. The number of rotatable bonds is 5. The number of hydrogen-bond donors (Lipinski definition) is 1. The molecule has 1 aliphatic carbocycles. The predicted octanol–water partition coefficient (Wildman–Crippen LogP) is 1.49. The molecule has 3 nitrogen and oxygen atoms in total. The van der Waals surface area contributed by atoms with Crippen LogP contribution in [-0.4, -0.2) is 50.3 Å². The molecule has 0 bridgehead atoms. The summed E-state index contributed by atoms with van der Waals surface area (Å²) in [4.78, 5) is 2.61. The maximum atomic E-state index is 5.74. The van der Waals surface area contributed by atoms with Crippen molar-refractivity contribution in [3.63, 3.8) is 0 Å². The molecule has 2 rings (SSSR count). The Bertz CT molecular complexity index is 204. The number of nitrogens with one attached hydrogen (secondary N) is 1. The molecule has 0 aromatic rings. The standard InChI is InChI=1S/C13H26N2O/c1-11(8-12-4-3-5-12)15-6-7-16-13(10-15)9-14-2/h11-14H,3-10H2,1-2H3. The number of ether oxygens (including phenoxy) is 1. The molecule has 3 heteroatoms. The van der Waals surface area contributed by atoms with E-state index >= 15 is 0 Å². The minimum Gasteiger partial charge on any atom is -0.374 e. The molecule has 1 N–H and O–H groups in total. The maximum Gasteiger partial charge on any atom is 0.0826 e. The Balaban J connectivity index is 1.73. The first kappa shape index (κ1) is 12.3. The van der Waals surface area contributed by atoms with E-state index in [-0.39, 0.29) is 0 Å². The molecule has 0 radical (unpaired) electrons. The number of morpholine rings is 1. The van der Waals surface area contributed by atoms with E-state index in [1.807, 2.05) is 7.05 Å². The average Bonchev–Trinajstić information content (AvgIpc) is 2.24. The average molecular weight is 226 g/mol. The van der Waals surface area contributed by atoms with Gasteiger partial charge in [-0.2, -0.15) is 0 Å². The summed E-state index contributed by atoms with van der Waals surface area (Å²) < 4.78 is 5.74. The Morgan fingerprint density at radius 1 is 1.44 bits per heavy atom. The molecule has 1 saturated heterocycles. The maximum absolute atomic E-state index is 5.74. The Hall–Kier alpha value is -0.120. The van der Waals surface area contributed by atoms with E-state index in [1.54, 1.807) is 0 Å². The first-order valence-corrected chi connectivity index (χ1v) is 6.80. The van der Waals surface area contributed by atoms with Crippen LogP contribution in [0.4, 0.5) is 0 Å². The van der Waals surface area contributed by atoms with Crippen LogP contribution in [-0.2, 0) is 4.74 Å². The van der Waals surface area contributed by atoms with Gasteiger partial charge in [0.25, 0.3) is 0 Å². The van der Waals surface area contributed by atoms with Gasteiger partial charge in [-0.05, 0) is 26.3 Å². The van der Waals surface area contributed by atoms with Crippen LogP contribution in [0.2, 0.25) is 0 Å². The minimum atomic E-state index is 0.391. The quantitative estimate of drug-likeness (QED) is 0.768. The highest BCUT2D eigenvalue weighted by Crippen LogP contribution is 2.31. The normalized spacial score (nSPS) is 30.0. The molecule has 2 unspecified atom stereocenters. The van der Waals surface area contributed by atoms with Crippen molar-refractivity contribution in [2.45, 2.75) is 44.8 Å². The third-order valence-corrected chi connectivity index (χ3v) is 4.12. The molecule has 1 aliphatic heterocycles. The summed E-state index contributed by atoms with van der Waals surface area (Å²) in [6.07, 6.45) is 6.18. The van der Waals surface area contributed by atoms with E-state index in [4.69, 9.17) is 4.74 Å². The monoisotopic (exact) mass is 226 g/mol. The van der Waals surface area contributed by atoms with Crippen LogP contribution >= 0.6 is 0 Å². The van der Waals surface area contributed by atoms with Crippen molar-refractivity contribution in [3.8, 4) is 0 Å². The van der Waals surface area contributed by atoms with Crippen LogP contribution in [0.25, 0.3) is 0 Å². The molecule has 1 saturated carbocycles. The van der Waals surface area contributed by atoms with Crippen LogP contribution in [0.3, 0.4) is 0 Å². The van der Waals surface area contributed by atoms with Gasteiger partial charge in [0, 0.05) is 25.7 Å². The second-order valence-corrected chi connectivity index (χ2v) is 5.43. The lowest BCUT2D eigenvalue weighted by atomic mass is 9.81. The highest BCUT2D eigenvalue weighted by Gasteiger charge is 2.27. The second-order valence-electron chi connectivity index (χ2n) is 5.43. The van der Waals surface area contributed by atoms with Gasteiger partial charge < -0.3 is 10.1 Å². The van der Waals surface area contributed by atoms with Gasteiger partial charge in [-0.25, -0.2) is 0 Å². The lowest BCUT2D eigenvalue weighted by Gasteiger charge is -2.39. The van der Waals surface area contributed by atoms with Crippen molar-refractivity contribution >= 4 is 0 Å². The predicted molar refractivity (Wildman–Crippen MR) is 66.7 cm³/mol. The van der Waals surface area contributed by atoms with Crippen LogP contribution in [0.1, 0.15) is 32.6 Å². The van der Waals surface area contributed by atoms with Gasteiger partial charge in [0.05, 0.1) is 12.7 Å². The SMILES string of the molecule is CNCC1CN(C(C)CC2CCC2)CCO1. The fourth-order valence-corrected chi connectivity index (χ4v) is 2.85. The summed E-state index contributed by atoms with van der Waals surface area (Å²) in [6.45, 7) is 6.50. The van der Waals surface area contributed by atoms with Crippen molar-refractivity contribution in [1.29, 1.82) is 0 Å². The summed E-state index contributed by atoms with van der Waals surface area (Å²) in [5.41, 5.74) is 0. The molecular weight excluding hydrogens is 200 g/mol. The molecule has 2 fully saturated rings. The largest absolute Gasteiger partial charge is 0.374 e. The summed E-state index contributed by atoms with van der Waals surface area (Å²) in [5, 5.41) is 3.21. The van der Waals surface area contributed by atoms with Gasteiger partial charge in [0.2, 0.25) is 0 Å². The van der Waals surface area contributed by atoms with E-state index in [2.05, 4.69) is 17.1 Å². The second kappa shape index (κ2) is 5.99. The third kappa shape index (κ3) is 3.19. The number of likely N-dealkylation sites (N-methyl/N-ethyl adjacent to an activating group) is 1. The highest BCUT2D eigenvalue weighted by atomic mass is 16.5. The summed E-state index contributed by atoms with van der Waals surface area (Å²) in [6, 6.07) is 0.744. The van der Waals surface area contributed by atoms with Gasteiger partial charge in [0.15, 0.2) is 0 Å². The Morgan fingerprint density at radius 3 is 2.88 bits per heavy atom. The van der Waals surface area contributed by atoms with Crippen LogP contribution < -0.4 is 5.32 Å². The van der Waals surface area contributed by atoms with E-state index in [9.17, 15) is 0 Å². The zero-order valence-corrected chi connectivity index (χ0v) is 10.7. The van der Waals surface area contributed by atoms with Gasteiger partial charge in [-0.15, -0.1) is 0 Å². The Labute approximate surface area is 99.5 Å². The smallest absolute Gasteiger partial charge is 0.0826 e. The molecule has 0 aromatic heterocycles. The molecule has 2 atom stereocenters. The van der Waals surface area contributed by atoms with Crippen LogP contribution in [0, 0.1) is 5.92 Å². The molecule has 2 aliphatic rings. The van der Waals surface area contributed by atoms with Crippen molar-refractivity contribution < 1.29 is 4.74 Å². The molecule has 0 amide bonds. The van der Waals surface area contributed by atoms with Crippen molar-refractivity contribution in [2.75, 3.05) is 33.3 Å². The molecular formula is C13H26N2O. The molecule has 0 aromatic carbocycles. The zero-order chi connectivity index (χ0) is 11.4. The third-order valence-electron chi connectivity index (χ3n) is 4.12. The van der Waals surface area contributed by atoms with E-state index in [1.165, 1.54) is 25.7 Å². The molecule has 1 heterocycles. The first-order chi connectivity index (χ1) is 7.79. The van der Waals surface area contributed by atoms with Gasteiger partial charge >= 0.3 is 0 Å². The molecule has 94 valence electrons. The minimum absolute atomic E-state index is 0.391. The van der Waals surface area contributed by atoms with Crippen LogP contribution in [0.15, 0.2) is 0 Å². The lowest BCUT2D eigenvalue weighted by molar-refractivity contribution is -0.0431. The fraction of sp³-hybridized carbons (Fsp3) is 1.00. The highest BCUT2D eigenvalue weighted by molar-refractivity contribution is 4.81. The number of nitrogens with zero attached hydrogens (tertiary/aromatic N) is 1. The van der Waals surface area contributed by atoms with Gasteiger partial charge in [-0.3, -0.25) is 4.90 Å². The lowest BCUT2D eigenvalue weighted by Crippen LogP contribution is -2.50.